The highest BCUT2D eigenvalue weighted by Crippen LogP contribution is 2.33. The van der Waals surface area contributed by atoms with Crippen LogP contribution >= 0.6 is 24.8 Å². The minimum Gasteiger partial charge on any atom is -0.363 e. The van der Waals surface area contributed by atoms with Crippen molar-refractivity contribution < 1.29 is 33.5 Å². The minimum atomic E-state index is -1.08. The summed E-state index contributed by atoms with van der Waals surface area (Å²) in [6.45, 7) is 6.00. The van der Waals surface area contributed by atoms with Crippen LogP contribution in [0.25, 0.3) is 0 Å². The average molecular weight is 1020 g/mol. The predicted molar refractivity (Wildman–Crippen MR) is 278 cm³/mol. The molecule has 2 aliphatic carbocycles. The van der Waals surface area contributed by atoms with Gasteiger partial charge in [-0.3, -0.25) is 28.8 Å². The first-order valence-corrected chi connectivity index (χ1v) is 24.9. The second-order valence-corrected chi connectivity index (χ2v) is 18.8. The number of aryl methyl sites for hydroxylation is 2. The Hall–Kier alpha value is -5.50. The normalized spacial score (nSPS) is 21.1. The first-order chi connectivity index (χ1) is 33.4. The topological polar surface area (TPSA) is 190 Å². The third-order valence-electron chi connectivity index (χ3n) is 14.4. The number of nitrogens with one attached hydrogen (secondary N) is 6. The Morgan fingerprint density at radius 1 is 0.662 bits per heavy atom. The van der Waals surface area contributed by atoms with Gasteiger partial charge in [0.25, 0.3) is 0 Å². The maximum Gasteiger partial charge on any atom is 0.250 e. The van der Waals surface area contributed by atoms with Crippen molar-refractivity contribution >= 4 is 60.3 Å². The van der Waals surface area contributed by atoms with E-state index < -0.39 is 48.3 Å². The number of likely N-dealkylation sites (N-methyl/N-ethyl adjacent to an activating group) is 2. The zero-order valence-electron chi connectivity index (χ0n) is 41.6. The predicted octanol–water partition coefficient (Wildman–Crippen LogP) is 4.90. The highest BCUT2D eigenvalue weighted by Gasteiger charge is 2.42. The molecule has 0 bridgehead atoms. The molecule has 7 rings (SSSR count). The zero-order valence-corrected chi connectivity index (χ0v) is 43.2. The number of nitrogens with zero attached hydrogens (tertiary/aromatic N) is 2. The van der Waals surface area contributed by atoms with Gasteiger partial charge in [0.05, 0.1) is 30.3 Å². The van der Waals surface area contributed by atoms with Crippen molar-refractivity contribution in [3.05, 3.63) is 106 Å². The molecule has 0 spiro atoms. The largest absolute Gasteiger partial charge is 0.363 e. The Bertz CT molecular complexity index is 2390. The van der Waals surface area contributed by atoms with Crippen LogP contribution in [0.2, 0.25) is 0 Å². The summed E-state index contributed by atoms with van der Waals surface area (Å²) in [7, 11) is 3.36. The number of carbonyl (C=O) groups excluding carboxylic acids is 6. The second kappa shape index (κ2) is 26.8. The van der Waals surface area contributed by atoms with Crippen LogP contribution < -0.4 is 31.9 Å². The lowest BCUT2D eigenvalue weighted by molar-refractivity contribution is -0.145. The van der Waals surface area contributed by atoms with Gasteiger partial charge in [-0.2, -0.15) is 0 Å². The maximum absolute atomic E-state index is 14.5. The number of benzene rings is 3. The van der Waals surface area contributed by atoms with Gasteiger partial charge in [-0.25, -0.2) is 0 Å². The van der Waals surface area contributed by atoms with E-state index in [9.17, 15) is 28.8 Å². The Morgan fingerprint density at radius 2 is 1.20 bits per heavy atom. The molecule has 0 unspecified atom stereocenters. The molecule has 2 fully saturated rings. The fourth-order valence-corrected chi connectivity index (χ4v) is 10.3. The molecule has 3 aromatic rings. The molecule has 0 aromatic heterocycles. The standard InChI is InChI=1S/C54H70N8O7.2ClH/c1-6-42(56-5)50(64)60-48(54(68)62-32-14-26-46(62)52(66)58-44-24-12-20-38-18-8-10-22-41(38)44)39-29-27-36(28-30-39)16-15-33-69-35(3)47(59-49(63)34(2)55-4)53(67)61-31-13-25-45(61)51(65)57-43-23-11-19-37-17-7-9-21-40(37)43;;/h7-10,17-18,21-22,27-30,34-35,42-48,55-56H,6,11-14,19-20,23-26,31-33H2,1-5H3,(H,57,65)(H,58,66)(H,59,63)(H,60,64);2*1H/t34-,35+,42-,43+,44+,45-,46-,47-,48-;;/m0../s1. The van der Waals surface area contributed by atoms with E-state index in [0.717, 1.165) is 49.7 Å². The monoisotopic (exact) mass is 1010 g/mol. The van der Waals surface area contributed by atoms with E-state index in [-0.39, 0.29) is 73.0 Å². The van der Waals surface area contributed by atoms with Gasteiger partial charge in [-0.05, 0) is 139 Å². The number of likely N-dealkylation sites (tertiary alicyclic amines) is 2. The van der Waals surface area contributed by atoms with E-state index >= 15 is 0 Å². The van der Waals surface area contributed by atoms with E-state index in [2.05, 4.69) is 68.0 Å². The molecule has 2 heterocycles. The highest BCUT2D eigenvalue weighted by molar-refractivity contribution is 5.95. The van der Waals surface area contributed by atoms with Crippen molar-refractivity contribution in [1.82, 2.24) is 41.7 Å². The molecule has 0 radical (unpaired) electrons. The Kier molecular flexibility index (Phi) is 21.3. The van der Waals surface area contributed by atoms with Crippen LogP contribution in [0.5, 0.6) is 0 Å². The third kappa shape index (κ3) is 13.7. The summed E-state index contributed by atoms with van der Waals surface area (Å²) in [5, 5.41) is 18.3. The number of carbonyl (C=O) groups is 6. The van der Waals surface area contributed by atoms with Gasteiger partial charge in [-0.1, -0.05) is 79.4 Å². The third-order valence-corrected chi connectivity index (χ3v) is 14.4. The summed E-state index contributed by atoms with van der Waals surface area (Å²) in [6.07, 6.45) is 7.61. The molecule has 0 saturated carbocycles. The van der Waals surface area contributed by atoms with E-state index in [1.165, 1.54) is 11.1 Å². The number of ether oxygens (including phenoxy) is 1. The van der Waals surface area contributed by atoms with Crippen LogP contribution in [-0.2, 0) is 46.3 Å². The van der Waals surface area contributed by atoms with Crippen LogP contribution in [0.1, 0.15) is 130 Å². The molecule has 2 aliphatic heterocycles. The van der Waals surface area contributed by atoms with Gasteiger partial charge < -0.3 is 46.4 Å². The number of fused-ring (bicyclic) bond motifs is 2. The number of hydrogen-bond acceptors (Lipinski definition) is 9. The fraction of sp³-hybridized carbons (Fsp3) is 0.519. The van der Waals surface area contributed by atoms with Crippen LogP contribution in [0.4, 0.5) is 0 Å². The molecule has 9 atom stereocenters. The van der Waals surface area contributed by atoms with Crippen molar-refractivity contribution in [3.63, 3.8) is 0 Å². The number of hydrogen-bond donors (Lipinski definition) is 6. The summed E-state index contributed by atoms with van der Waals surface area (Å²) >= 11 is 0. The molecule has 6 N–H and O–H groups in total. The van der Waals surface area contributed by atoms with E-state index in [1.54, 1.807) is 62.0 Å². The number of halogens is 2. The first kappa shape index (κ1) is 56.4. The first-order valence-electron chi connectivity index (χ1n) is 24.9. The van der Waals surface area contributed by atoms with Crippen molar-refractivity contribution in [3.8, 4) is 11.8 Å². The van der Waals surface area contributed by atoms with Crippen LogP contribution in [0.3, 0.4) is 0 Å². The SMILES string of the molecule is CC[C@H](NC)C(=O)N[C@H](C(=O)N1CCC[C@H]1C(=O)N[C@@H]1CCCc2ccccc21)c1ccc(C#CCO[C@H](C)[C@H](NC(=O)[C@H](C)NC)C(=O)N2CCC[C@H]2C(=O)N[C@@H]2CCCc3ccccc32)cc1.Cl.Cl. The van der Waals surface area contributed by atoms with Crippen molar-refractivity contribution in [2.75, 3.05) is 33.8 Å². The number of amides is 6. The molecular weight excluding hydrogens is 944 g/mol. The molecular formula is C54H72Cl2N8O7. The molecule has 15 nitrogen and oxygen atoms in total. The molecule has 384 valence electrons. The van der Waals surface area contributed by atoms with E-state index in [0.29, 0.717) is 56.3 Å². The second-order valence-electron chi connectivity index (χ2n) is 18.8. The summed E-state index contributed by atoms with van der Waals surface area (Å²) in [4.78, 5) is 86.5. The van der Waals surface area contributed by atoms with Crippen LogP contribution in [0, 0.1) is 11.8 Å². The summed E-state index contributed by atoms with van der Waals surface area (Å²) in [5.41, 5.74) is 5.87. The number of rotatable bonds is 17. The Morgan fingerprint density at radius 3 is 1.72 bits per heavy atom. The van der Waals surface area contributed by atoms with E-state index in [4.69, 9.17) is 4.74 Å². The van der Waals surface area contributed by atoms with Crippen LogP contribution in [-0.4, -0.2) is 115 Å². The van der Waals surface area contributed by atoms with Crippen molar-refractivity contribution in [1.29, 1.82) is 0 Å². The molecule has 17 heteroatoms. The Labute approximate surface area is 431 Å². The molecule has 3 aromatic carbocycles. The van der Waals surface area contributed by atoms with Gasteiger partial charge in [-0.15, -0.1) is 24.8 Å². The lowest BCUT2D eigenvalue weighted by Gasteiger charge is -2.33. The lowest BCUT2D eigenvalue weighted by Crippen LogP contribution is -2.59. The maximum atomic E-state index is 14.5. The zero-order chi connectivity index (χ0) is 49.0. The highest BCUT2D eigenvalue weighted by atomic mass is 35.5. The lowest BCUT2D eigenvalue weighted by atomic mass is 9.87. The minimum absolute atomic E-state index is 0. The summed E-state index contributed by atoms with van der Waals surface area (Å²) in [5.74, 6) is 4.27. The smallest absolute Gasteiger partial charge is 0.250 e. The van der Waals surface area contributed by atoms with E-state index in [1.807, 2.05) is 31.2 Å². The molecule has 6 amide bonds. The summed E-state index contributed by atoms with van der Waals surface area (Å²) < 4.78 is 6.12. The van der Waals surface area contributed by atoms with Gasteiger partial charge in [0.2, 0.25) is 35.4 Å². The van der Waals surface area contributed by atoms with Gasteiger partial charge in [0.15, 0.2) is 0 Å². The average Bonchev–Trinajstić information content (AvgIpc) is 4.08. The van der Waals surface area contributed by atoms with Gasteiger partial charge in [0.1, 0.15) is 30.8 Å². The van der Waals surface area contributed by atoms with Crippen molar-refractivity contribution in [2.45, 2.75) is 146 Å². The molecule has 2 saturated heterocycles. The molecule has 71 heavy (non-hydrogen) atoms. The van der Waals surface area contributed by atoms with Gasteiger partial charge in [0, 0.05) is 18.7 Å². The fourth-order valence-electron chi connectivity index (χ4n) is 10.3. The summed E-state index contributed by atoms with van der Waals surface area (Å²) in [6, 6.07) is 18.5. The quantitative estimate of drug-likeness (QED) is 0.102. The van der Waals surface area contributed by atoms with Gasteiger partial charge >= 0.3 is 0 Å². The van der Waals surface area contributed by atoms with Crippen LogP contribution in [0.15, 0.2) is 72.8 Å². The molecule has 4 aliphatic rings. The Balaban J connectivity index is 0.00000469. The van der Waals surface area contributed by atoms with Crippen molar-refractivity contribution in [2.24, 2.45) is 0 Å².